The van der Waals surface area contributed by atoms with E-state index in [-0.39, 0.29) is 5.91 Å². The van der Waals surface area contributed by atoms with Crippen LogP contribution in [0.2, 0.25) is 0 Å². The summed E-state index contributed by atoms with van der Waals surface area (Å²) in [7, 11) is 0. The molecule has 3 N–H and O–H groups in total. The summed E-state index contributed by atoms with van der Waals surface area (Å²) in [5.74, 6) is 0.887. The molecule has 2 unspecified atom stereocenters. The van der Waals surface area contributed by atoms with Gasteiger partial charge in [0.15, 0.2) is 0 Å². The molecule has 1 amide bonds. The molecule has 0 aromatic rings. The van der Waals surface area contributed by atoms with Gasteiger partial charge in [-0.3, -0.25) is 4.79 Å². The molecular weight excluding hydrogens is 200 g/mol. The van der Waals surface area contributed by atoms with E-state index in [1.165, 1.54) is 19.3 Å². The summed E-state index contributed by atoms with van der Waals surface area (Å²) in [5, 5.41) is 3.18. The van der Waals surface area contributed by atoms with Gasteiger partial charge in [0.05, 0.1) is 0 Å². The van der Waals surface area contributed by atoms with E-state index >= 15 is 0 Å². The van der Waals surface area contributed by atoms with Crippen molar-refractivity contribution in [2.75, 3.05) is 6.54 Å². The highest BCUT2D eigenvalue weighted by Gasteiger charge is 2.22. The van der Waals surface area contributed by atoms with Crippen LogP contribution < -0.4 is 11.1 Å². The van der Waals surface area contributed by atoms with E-state index in [9.17, 15) is 4.79 Å². The van der Waals surface area contributed by atoms with Crippen LogP contribution in [-0.4, -0.2) is 18.5 Å². The van der Waals surface area contributed by atoms with Gasteiger partial charge >= 0.3 is 0 Å². The number of carbonyl (C=O) groups is 1. The van der Waals surface area contributed by atoms with Crippen molar-refractivity contribution in [1.82, 2.24) is 5.32 Å². The van der Waals surface area contributed by atoms with Gasteiger partial charge in [-0.1, -0.05) is 26.2 Å². The van der Waals surface area contributed by atoms with E-state index in [0.29, 0.717) is 18.4 Å². The van der Waals surface area contributed by atoms with Crippen molar-refractivity contribution in [3.05, 3.63) is 0 Å². The van der Waals surface area contributed by atoms with Gasteiger partial charge in [0.25, 0.3) is 0 Å². The Morgan fingerprint density at radius 3 is 2.69 bits per heavy atom. The third kappa shape index (κ3) is 4.97. The number of nitrogens with one attached hydrogen (secondary N) is 1. The molecule has 0 spiro atoms. The van der Waals surface area contributed by atoms with Crippen molar-refractivity contribution < 1.29 is 4.79 Å². The zero-order chi connectivity index (χ0) is 11.8. The van der Waals surface area contributed by atoms with Crippen LogP contribution in [0.3, 0.4) is 0 Å². The van der Waals surface area contributed by atoms with Gasteiger partial charge < -0.3 is 11.1 Å². The average Bonchev–Trinajstić information content (AvgIpc) is 2.28. The maximum absolute atomic E-state index is 11.7. The molecule has 0 bridgehead atoms. The van der Waals surface area contributed by atoms with Gasteiger partial charge in [-0.2, -0.15) is 0 Å². The van der Waals surface area contributed by atoms with Crippen LogP contribution in [-0.2, 0) is 4.79 Å². The van der Waals surface area contributed by atoms with Crippen LogP contribution >= 0.6 is 0 Å². The first kappa shape index (κ1) is 13.5. The number of hydrogen-bond donors (Lipinski definition) is 2. The summed E-state index contributed by atoms with van der Waals surface area (Å²) >= 11 is 0. The Morgan fingerprint density at radius 1 is 1.25 bits per heavy atom. The smallest absolute Gasteiger partial charge is 0.220 e. The van der Waals surface area contributed by atoms with Crippen molar-refractivity contribution in [2.24, 2.45) is 11.7 Å². The molecule has 1 rings (SSSR count). The summed E-state index contributed by atoms with van der Waals surface area (Å²) in [6, 6.07) is 0.427. The second kappa shape index (κ2) is 7.66. The minimum absolute atomic E-state index is 0.232. The first-order chi connectivity index (χ1) is 7.74. The molecule has 0 aliphatic heterocycles. The molecule has 1 saturated carbocycles. The predicted molar refractivity (Wildman–Crippen MR) is 67.1 cm³/mol. The van der Waals surface area contributed by atoms with Crippen molar-refractivity contribution in [2.45, 2.75) is 64.3 Å². The van der Waals surface area contributed by atoms with Crippen LogP contribution in [0.15, 0.2) is 0 Å². The molecule has 0 aromatic heterocycles. The van der Waals surface area contributed by atoms with Crippen LogP contribution in [0.1, 0.15) is 58.3 Å². The number of hydrogen-bond acceptors (Lipinski definition) is 2. The average molecular weight is 226 g/mol. The van der Waals surface area contributed by atoms with E-state index in [0.717, 1.165) is 32.2 Å². The third-order valence-electron chi connectivity index (χ3n) is 3.57. The van der Waals surface area contributed by atoms with Crippen molar-refractivity contribution in [3.8, 4) is 0 Å². The van der Waals surface area contributed by atoms with Crippen LogP contribution in [0.4, 0.5) is 0 Å². The molecule has 0 radical (unpaired) electrons. The standard InChI is InChI=1S/C13H26N2O/c1-11-7-4-5-8-12(11)15-13(16)9-3-2-6-10-14/h11-12H,2-10,14H2,1H3,(H,15,16). The Labute approximate surface area is 99.2 Å². The molecule has 2 atom stereocenters. The normalized spacial score (nSPS) is 25.4. The quantitative estimate of drug-likeness (QED) is 0.682. The predicted octanol–water partition coefficient (Wildman–Crippen LogP) is 2.20. The van der Waals surface area contributed by atoms with Crippen molar-refractivity contribution >= 4 is 5.91 Å². The number of nitrogens with two attached hydrogens (primary N) is 1. The number of amides is 1. The molecule has 3 heteroatoms. The van der Waals surface area contributed by atoms with Crippen LogP contribution in [0.25, 0.3) is 0 Å². The fraction of sp³-hybridized carbons (Fsp3) is 0.923. The summed E-state index contributed by atoms with van der Waals surface area (Å²) in [5.41, 5.74) is 5.41. The molecule has 94 valence electrons. The van der Waals surface area contributed by atoms with Crippen molar-refractivity contribution in [1.29, 1.82) is 0 Å². The third-order valence-corrected chi connectivity index (χ3v) is 3.57. The second-order valence-electron chi connectivity index (χ2n) is 5.04. The molecule has 0 aromatic carbocycles. The Balaban J connectivity index is 2.12. The Kier molecular flexibility index (Phi) is 6.46. The maximum Gasteiger partial charge on any atom is 0.220 e. The SMILES string of the molecule is CC1CCCCC1NC(=O)CCCCCN. The van der Waals surface area contributed by atoms with Gasteiger partial charge in [0.2, 0.25) is 5.91 Å². The van der Waals surface area contributed by atoms with Gasteiger partial charge in [0, 0.05) is 12.5 Å². The lowest BCUT2D eigenvalue weighted by Crippen LogP contribution is -2.40. The maximum atomic E-state index is 11.7. The van der Waals surface area contributed by atoms with E-state index in [1.807, 2.05) is 0 Å². The zero-order valence-electron chi connectivity index (χ0n) is 10.5. The Hall–Kier alpha value is -0.570. The summed E-state index contributed by atoms with van der Waals surface area (Å²) < 4.78 is 0. The Bertz CT molecular complexity index is 206. The summed E-state index contributed by atoms with van der Waals surface area (Å²) in [4.78, 5) is 11.7. The van der Waals surface area contributed by atoms with Crippen LogP contribution in [0.5, 0.6) is 0 Å². The van der Waals surface area contributed by atoms with E-state index in [2.05, 4.69) is 12.2 Å². The second-order valence-corrected chi connectivity index (χ2v) is 5.04. The highest BCUT2D eigenvalue weighted by molar-refractivity contribution is 5.76. The minimum atomic E-state index is 0.232. The fourth-order valence-corrected chi connectivity index (χ4v) is 2.42. The molecule has 1 fully saturated rings. The molecule has 0 saturated heterocycles. The van der Waals surface area contributed by atoms with E-state index in [1.54, 1.807) is 0 Å². The topological polar surface area (TPSA) is 55.1 Å². The molecule has 16 heavy (non-hydrogen) atoms. The highest BCUT2D eigenvalue weighted by Crippen LogP contribution is 2.23. The first-order valence-corrected chi connectivity index (χ1v) is 6.73. The van der Waals surface area contributed by atoms with Gasteiger partial charge in [-0.25, -0.2) is 0 Å². The summed E-state index contributed by atoms with van der Waals surface area (Å²) in [6.07, 6.45) is 8.77. The van der Waals surface area contributed by atoms with E-state index in [4.69, 9.17) is 5.73 Å². The van der Waals surface area contributed by atoms with E-state index < -0.39 is 0 Å². The Morgan fingerprint density at radius 2 is 2.00 bits per heavy atom. The molecule has 1 aliphatic carbocycles. The van der Waals surface area contributed by atoms with Gasteiger partial charge in [-0.05, 0) is 38.1 Å². The van der Waals surface area contributed by atoms with Gasteiger partial charge in [0.1, 0.15) is 0 Å². The fourth-order valence-electron chi connectivity index (χ4n) is 2.42. The number of unbranched alkanes of at least 4 members (excludes halogenated alkanes) is 2. The summed E-state index contributed by atoms with van der Waals surface area (Å²) in [6.45, 7) is 2.99. The zero-order valence-corrected chi connectivity index (χ0v) is 10.5. The lowest BCUT2D eigenvalue weighted by molar-refractivity contribution is -0.122. The number of carbonyl (C=O) groups excluding carboxylic acids is 1. The van der Waals surface area contributed by atoms with Crippen molar-refractivity contribution in [3.63, 3.8) is 0 Å². The van der Waals surface area contributed by atoms with Crippen LogP contribution in [0, 0.1) is 5.92 Å². The largest absolute Gasteiger partial charge is 0.353 e. The molecule has 3 nitrogen and oxygen atoms in total. The molecular formula is C13H26N2O. The number of rotatable bonds is 6. The molecule has 1 aliphatic rings. The minimum Gasteiger partial charge on any atom is -0.353 e. The highest BCUT2D eigenvalue weighted by atomic mass is 16.1. The monoisotopic (exact) mass is 226 g/mol. The first-order valence-electron chi connectivity index (χ1n) is 6.73. The lowest BCUT2D eigenvalue weighted by atomic mass is 9.86. The van der Waals surface area contributed by atoms with Gasteiger partial charge in [-0.15, -0.1) is 0 Å². The lowest BCUT2D eigenvalue weighted by Gasteiger charge is -2.29. The molecule has 0 heterocycles.